The number of aliphatic hydroxyl groups is 2. The molecule has 3 N–H and O–H groups in total. The highest BCUT2D eigenvalue weighted by Gasteiger charge is 2.17. The number of carbonyl (C=O) groups excluding carboxylic acids is 1. The summed E-state index contributed by atoms with van der Waals surface area (Å²) in [6.45, 7) is 4.17. The molecule has 0 saturated carbocycles. The van der Waals surface area contributed by atoms with E-state index >= 15 is 0 Å². The maximum Gasteiger partial charge on any atom is 0.220 e. The van der Waals surface area contributed by atoms with E-state index in [9.17, 15) is 15.0 Å². The van der Waals surface area contributed by atoms with E-state index in [0.29, 0.717) is 12.8 Å². The second-order valence-electron chi connectivity index (χ2n) is 16.9. The second kappa shape index (κ2) is 49.9. The lowest BCUT2D eigenvalue weighted by Gasteiger charge is -2.19. The highest BCUT2D eigenvalue weighted by molar-refractivity contribution is 5.76. The number of amides is 1. The molecule has 2 unspecified atom stereocenters. The lowest BCUT2D eigenvalue weighted by Crippen LogP contribution is -2.45. The molecule has 2 atom stereocenters. The predicted molar refractivity (Wildman–Crippen MR) is 262 cm³/mol. The summed E-state index contributed by atoms with van der Waals surface area (Å²) in [5.41, 5.74) is 0. The lowest BCUT2D eigenvalue weighted by atomic mass is 10.0. The average molecular weight is 820 g/mol. The molecule has 0 bridgehead atoms. The van der Waals surface area contributed by atoms with Crippen LogP contribution in [0.1, 0.15) is 239 Å². The van der Waals surface area contributed by atoms with Crippen molar-refractivity contribution in [3.8, 4) is 0 Å². The van der Waals surface area contributed by atoms with E-state index < -0.39 is 12.1 Å². The molecule has 0 radical (unpaired) electrons. The summed E-state index contributed by atoms with van der Waals surface area (Å²) in [6.07, 6.45) is 73.1. The molecule has 0 fully saturated rings. The van der Waals surface area contributed by atoms with Gasteiger partial charge in [0, 0.05) is 6.42 Å². The van der Waals surface area contributed by atoms with Crippen molar-refractivity contribution in [3.63, 3.8) is 0 Å². The van der Waals surface area contributed by atoms with E-state index in [1.165, 1.54) is 161 Å². The van der Waals surface area contributed by atoms with Crippen molar-refractivity contribution in [1.82, 2.24) is 5.32 Å². The Labute approximate surface area is 367 Å². The van der Waals surface area contributed by atoms with Crippen LogP contribution in [0.4, 0.5) is 0 Å². The minimum Gasteiger partial charge on any atom is -0.394 e. The topological polar surface area (TPSA) is 69.6 Å². The van der Waals surface area contributed by atoms with Gasteiger partial charge in [0.05, 0.1) is 18.8 Å². The molecule has 0 heterocycles. The van der Waals surface area contributed by atoms with Crippen LogP contribution in [0.15, 0.2) is 85.1 Å². The van der Waals surface area contributed by atoms with Crippen molar-refractivity contribution in [2.24, 2.45) is 0 Å². The molecule has 0 aromatic heterocycles. The van der Waals surface area contributed by atoms with Gasteiger partial charge in [-0.15, -0.1) is 0 Å². The summed E-state index contributed by atoms with van der Waals surface area (Å²) < 4.78 is 0. The molecule has 340 valence electrons. The Balaban J connectivity index is 3.61. The van der Waals surface area contributed by atoms with E-state index in [1.807, 2.05) is 12.2 Å². The molecule has 0 saturated heterocycles. The zero-order chi connectivity index (χ0) is 42.8. The van der Waals surface area contributed by atoms with Gasteiger partial charge in [-0.25, -0.2) is 0 Å². The molecule has 0 aromatic carbocycles. The third-order valence-electron chi connectivity index (χ3n) is 11.1. The molecule has 0 spiro atoms. The summed E-state index contributed by atoms with van der Waals surface area (Å²) in [5, 5.41) is 23.0. The normalized spacial score (nSPS) is 13.6. The van der Waals surface area contributed by atoms with Crippen LogP contribution in [-0.4, -0.2) is 34.9 Å². The summed E-state index contributed by atoms with van der Waals surface area (Å²) in [6, 6.07) is -0.669. The third-order valence-corrected chi connectivity index (χ3v) is 11.1. The SMILES string of the molecule is CC/C=C\C/C=C\C/C=C\C/C=C\C/C=C\C/C=C\CCC(=O)NC(CO)C(O)/C=C/CCCCCCCCCCCCCCCCCCCCCCCCCCCC. The van der Waals surface area contributed by atoms with Gasteiger partial charge < -0.3 is 15.5 Å². The van der Waals surface area contributed by atoms with Crippen molar-refractivity contribution < 1.29 is 15.0 Å². The monoisotopic (exact) mass is 820 g/mol. The van der Waals surface area contributed by atoms with Crippen LogP contribution in [-0.2, 0) is 4.79 Å². The number of aliphatic hydroxyl groups excluding tert-OH is 2. The number of nitrogens with one attached hydrogen (secondary N) is 1. The van der Waals surface area contributed by atoms with E-state index in [2.05, 4.69) is 86.0 Å². The van der Waals surface area contributed by atoms with Gasteiger partial charge in [0.1, 0.15) is 0 Å². The fourth-order valence-corrected chi connectivity index (χ4v) is 7.32. The Bertz CT molecular complexity index is 1070. The molecule has 4 nitrogen and oxygen atoms in total. The molecule has 0 aliphatic rings. The minimum absolute atomic E-state index is 0.147. The van der Waals surface area contributed by atoms with Crippen LogP contribution < -0.4 is 5.32 Å². The highest BCUT2D eigenvalue weighted by atomic mass is 16.3. The first kappa shape index (κ1) is 56.6. The highest BCUT2D eigenvalue weighted by Crippen LogP contribution is 2.16. The standard InChI is InChI=1S/C55H97NO3/c1-3-5-7-9-11-13-15-17-19-21-23-24-25-26-27-28-29-30-31-33-34-36-38-40-42-44-46-48-50-54(58)53(52-57)56-55(59)51-49-47-45-43-41-39-37-35-32-22-20-18-16-14-12-10-8-6-4-2/h6,8,12,14,18,20,32,35,39,41,45,47-48,50,53-54,57-58H,3-5,7,9-11,13,15-17,19,21-31,33-34,36-38,40,42-44,46,49,51-52H2,1-2H3,(H,56,59)/b8-6-,14-12-,20-18-,35-32-,41-39-,47-45-,50-48+. The van der Waals surface area contributed by atoms with Gasteiger partial charge >= 0.3 is 0 Å². The Morgan fingerprint density at radius 1 is 0.424 bits per heavy atom. The van der Waals surface area contributed by atoms with Gasteiger partial charge in [0.15, 0.2) is 0 Å². The summed E-state index contributed by atoms with van der Waals surface area (Å²) in [5.74, 6) is -0.147. The Hall–Kier alpha value is -2.43. The van der Waals surface area contributed by atoms with Crippen LogP contribution in [0.2, 0.25) is 0 Å². The fourth-order valence-electron chi connectivity index (χ4n) is 7.32. The maximum atomic E-state index is 12.4. The molecule has 0 aromatic rings. The van der Waals surface area contributed by atoms with Crippen LogP contribution in [0.25, 0.3) is 0 Å². The van der Waals surface area contributed by atoms with Crippen molar-refractivity contribution in [2.75, 3.05) is 6.61 Å². The predicted octanol–water partition coefficient (Wildman–Crippen LogP) is 16.4. The van der Waals surface area contributed by atoms with Crippen LogP contribution in [0, 0.1) is 0 Å². The van der Waals surface area contributed by atoms with Crippen molar-refractivity contribution in [3.05, 3.63) is 85.1 Å². The molecular weight excluding hydrogens is 723 g/mol. The van der Waals surface area contributed by atoms with Gasteiger partial charge in [-0.05, 0) is 57.8 Å². The first-order chi connectivity index (χ1) is 29.2. The van der Waals surface area contributed by atoms with Crippen LogP contribution >= 0.6 is 0 Å². The molecular formula is C55H97NO3. The summed E-state index contributed by atoms with van der Waals surface area (Å²) in [4.78, 5) is 12.4. The molecule has 59 heavy (non-hydrogen) atoms. The van der Waals surface area contributed by atoms with Crippen LogP contribution in [0.5, 0.6) is 0 Å². The Morgan fingerprint density at radius 2 is 0.746 bits per heavy atom. The third kappa shape index (κ3) is 46.5. The van der Waals surface area contributed by atoms with Gasteiger partial charge in [0.2, 0.25) is 5.91 Å². The molecule has 1 amide bonds. The zero-order valence-corrected chi connectivity index (χ0v) is 39.0. The van der Waals surface area contributed by atoms with Crippen LogP contribution in [0.3, 0.4) is 0 Å². The maximum absolute atomic E-state index is 12.4. The summed E-state index contributed by atoms with van der Waals surface area (Å²) >= 11 is 0. The number of unbranched alkanes of at least 4 members (excludes halogenated alkanes) is 26. The number of hydrogen-bond acceptors (Lipinski definition) is 3. The van der Waals surface area contributed by atoms with Crippen molar-refractivity contribution in [1.29, 1.82) is 0 Å². The fraction of sp³-hybridized carbons (Fsp3) is 0.727. The Kier molecular flexibility index (Phi) is 47.9. The quantitative estimate of drug-likeness (QED) is 0.0423. The zero-order valence-electron chi connectivity index (χ0n) is 39.0. The van der Waals surface area contributed by atoms with Gasteiger partial charge in [-0.2, -0.15) is 0 Å². The summed E-state index contributed by atoms with van der Waals surface area (Å²) in [7, 11) is 0. The van der Waals surface area contributed by atoms with Crippen molar-refractivity contribution in [2.45, 2.75) is 251 Å². The molecule has 4 heteroatoms. The first-order valence-corrected chi connectivity index (χ1v) is 25.3. The van der Waals surface area contributed by atoms with Gasteiger partial charge in [-0.3, -0.25) is 4.79 Å². The van der Waals surface area contributed by atoms with Gasteiger partial charge in [-0.1, -0.05) is 259 Å². The first-order valence-electron chi connectivity index (χ1n) is 25.3. The van der Waals surface area contributed by atoms with E-state index in [4.69, 9.17) is 0 Å². The number of carbonyl (C=O) groups is 1. The molecule has 0 aliphatic carbocycles. The van der Waals surface area contributed by atoms with E-state index in [1.54, 1.807) is 6.08 Å². The minimum atomic E-state index is -0.876. The largest absolute Gasteiger partial charge is 0.394 e. The van der Waals surface area contributed by atoms with Crippen molar-refractivity contribution >= 4 is 5.91 Å². The number of allylic oxidation sites excluding steroid dienone is 13. The molecule has 0 aliphatic heterocycles. The van der Waals surface area contributed by atoms with Gasteiger partial charge in [0.25, 0.3) is 0 Å². The number of hydrogen-bond donors (Lipinski definition) is 3. The average Bonchev–Trinajstić information content (AvgIpc) is 3.24. The Morgan fingerprint density at radius 3 is 1.08 bits per heavy atom. The smallest absolute Gasteiger partial charge is 0.220 e. The second-order valence-corrected chi connectivity index (χ2v) is 16.9. The lowest BCUT2D eigenvalue weighted by molar-refractivity contribution is -0.122. The van der Waals surface area contributed by atoms with E-state index in [0.717, 1.165) is 51.4 Å². The molecule has 0 rings (SSSR count). The van der Waals surface area contributed by atoms with E-state index in [-0.39, 0.29) is 12.5 Å². The number of rotatable bonds is 45.